The van der Waals surface area contributed by atoms with Gasteiger partial charge in [0.25, 0.3) is 0 Å². The number of Topliss-reactive ketones (excluding diaryl/α,β-unsaturated/α-hetero) is 1. The summed E-state index contributed by atoms with van der Waals surface area (Å²) < 4.78 is 10.9. The smallest absolute Gasteiger partial charge is 0.162 e. The number of ether oxygens (including phenoxy) is 2. The topological polar surface area (TPSA) is 35.5 Å². The fraction of sp³-hybridized carbons (Fsp3) is 0.364. The first kappa shape index (κ1) is 10.4. The molecule has 3 nitrogen and oxygen atoms in total. The zero-order valence-electron chi connectivity index (χ0n) is 8.49. The van der Waals surface area contributed by atoms with Crippen LogP contribution >= 0.6 is 11.8 Å². The molecule has 2 rings (SSSR count). The van der Waals surface area contributed by atoms with Crippen molar-refractivity contribution in [2.45, 2.75) is 11.8 Å². The Hall–Kier alpha value is -1.16. The molecule has 15 heavy (non-hydrogen) atoms. The number of hydrogen-bond donors (Lipinski definition) is 0. The van der Waals surface area contributed by atoms with Crippen LogP contribution in [0.2, 0.25) is 0 Å². The summed E-state index contributed by atoms with van der Waals surface area (Å²) >= 11 is 1.52. The molecule has 0 radical (unpaired) electrons. The van der Waals surface area contributed by atoms with Gasteiger partial charge in [-0.15, -0.1) is 11.8 Å². The van der Waals surface area contributed by atoms with Crippen molar-refractivity contribution < 1.29 is 14.3 Å². The van der Waals surface area contributed by atoms with Crippen LogP contribution in [0, 0.1) is 0 Å². The van der Waals surface area contributed by atoms with Gasteiger partial charge in [-0.2, -0.15) is 0 Å². The number of fused-ring (bicyclic) bond motifs is 1. The summed E-state index contributed by atoms with van der Waals surface area (Å²) in [5.41, 5.74) is 0. The van der Waals surface area contributed by atoms with E-state index in [0.717, 1.165) is 16.4 Å². The highest BCUT2D eigenvalue weighted by Gasteiger charge is 2.11. The molecule has 0 bridgehead atoms. The minimum atomic E-state index is 0.176. The molecule has 0 amide bonds. The molecule has 0 aliphatic carbocycles. The fourth-order valence-electron chi connectivity index (χ4n) is 1.30. The Morgan fingerprint density at radius 2 is 2.07 bits per heavy atom. The van der Waals surface area contributed by atoms with Gasteiger partial charge in [-0.25, -0.2) is 0 Å². The molecule has 0 aromatic heterocycles. The van der Waals surface area contributed by atoms with Crippen LogP contribution in [-0.2, 0) is 4.79 Å². The molecule has 80 valence electrons. The van der Waals surface area contributed by atoms with Gasteiger partial charge in [0.2, 0.25) is 0 Å². The van der Waals surface area contributed by atoms with Gasteiger partial charge in [0.15, 0.2) is 11.5 Å². The molecular formula is C11H12O3S. The standard InChI is InChI=1S/C11H12O3S/c1-8(12)7-15-9-2-3-10-11(6-9)14-5-4-13-10/h2-3,6H,4-5,7H2,1H3. The van der Waals surface area contributed by atoms with Gasteiger partial charge < -0.3 is 9.47 Å². The summed E-state index contributed by atoms with van der Waals surface area (Å²) in [5, 5.41) is 0. The zero-order chi connectivity index (χ0) is 10.7. The molecule has 4 heteroatoms. The van der Waals surface area contributed by atoms with E-state index >= 15 is 0 Å². The van der Waals surface area contributed by atoms with Gasteiger partial charge >= 0.3 is 0 Å². The highest BCUT2D eigenvalue weighted by molar-refractivity contribution is 8.00. The normalized spacial score (nSPS) is 13.7. The van der Waals surface area contributed by atoms with Crippen molar-refractivity contribution in [3.05, 3.63) is 18.2 Å². The van der Waals surface area contributed by atoms with Crippen molar-refractivity contribution in [1.82, 2.24) is 0 Å². The molecular weight excluding hydrogens is 212 g/mol. The van der Waals surface area contributed by atoms with Crippen molar-refractivity contribution in [1.29, 1.82) is 0 Å². The van der Waals surface area contributed by atoms with Crippen LogP contribution in [0.1, 0.15) is 6.92 Å². The SMILES string of the molecule is CC(=O)CSc1ccc2c(c1)OCCO2. The van der Waals surface area contributed by atoms with Gasteiger partial charge in [-0.1, -0.05) is 0 Å². The van der Waals surface area contributed by atoms with Crippen molar-refractivity contribution in [3.63, 3.8) is 0 Å². The van der Waals surface area contributed by atoms with E-state index in [9.17, 15) is 4.79 Å². The maximum atomic E-state index is 10.8. The number of hydrogen-bond acceptors (Lipinski definition) is 4. The second-order valence-corrected chi connectivity index (χ2v) is 4.34. The first-order chi connectivity index (χ1) is 7.25. The summed E-state index contributed by atoms with van der Waals surface area (Å²) in [5.74, 6) is 2.23. The van der Waals surface area contributed by atoms with Crippen LogP contribution in [-0.4, -0.2) is 24.7 Å². The molecule has 0 atom stereocenters. The largest absolute Gasteiger partial charge is 0.486 e. The number of ketones is 1. The molecule has 0 fully saturated rings. The number of benzene rings is 1. The van der Waals surface area contributed by atoms with Gasteiger partial charge in [-0.3, -0.25) is 4.79 Å². The van der Waals surface area contributed by atoms with E-state index in [2.05, 4.69) is 0 Å². The predicted octanol–water partition coefficient (Wildman–Crippen LogP) is 2.14. The lowest BCUT2D eigenvalue weighted by molar-refractivity contribution is -0.114. The quantitative estimate of drug-likeness (QED) is 0.737. The molecule has 0 N–H and O–H groups in total. The summed E-state index contributed by atoms with van der Waals surface area (Å²) in [6.45, 7) is 2.78. The average Bonchev–Trinajstić information content (AvgIpc) is 2.26. The Morgan fingerprint density at radius 3 is 2.80 bits per heavy atom. The third-order valence-corrected chi connectivity index (χ3v) is 3.09. The van der Waals surface area contributed by atoms with Crippen LogP contribution in [0.4, 0.5) is 0 Å². The van der Waals surface area contributed by atoms with E-state index < -0.39 is 0 Å². The summed E-state index contributed by atoms with van der Waals surface area (Å²) in [4.78, 5) is 11.9. The summed E-state index contributed by atoms with van der Waals surface area (Å²) in [6.07, 6.45) is 0. The predicted molar refractivity (Wildman–Crippen MR) is 58.8 cm³/mol. The van der Waals surface area contributed by atoms with E-state index in [1.165, 1.54) is 11.8 Å². The number of rotatable bonds is 3. The van der Waals surface area contributed by atoms with E-state index in [4.69, 9.17) is 9.47 Å². The lowest BCUT2D eigenvalue weighted by Crippen LogP contribution is -2.15. The third-order valence-electron chi connectivity index (χ3n) is 1.96. The molecule has 1 aliphatic rings. The number of thioether (sulfide) groups is 1. The molecule has 0 saturated heterocycles. The molecule has 0 spiro atoms. The van der Waals surface area contributed by atoms with E-state index in [-0.39, 0.29) is 5.78 Å². The first-order valence-electron chi connectivity index (χ1n) is 4.77. The molecule has 0 unspecified atom stereocenters. The monoisotopic (exact) mass is 224 g/mol. The van der Waals surface area contributed by atoms with Gasteiger partial charge in [0.1, 0.15) is 19.0 Å². The van der Waals surface area contributed by atoms with Gasteiger partial charge in [-0.05, 0) is 25.1 Å². The minimum absolute atomic E-state index is 0.176. The van der Waals surface area contributed by atoms with Crippen LogP contribution in [0.3, 0.4) is 0 Å². The van der Waals surface area contributed by atoms with Crippen LogP contribution in [0.5, 0.6) is 11.5 Å². The fourth-order valence-corrected chi connectivity index (χ4v) is 2.02. The maximum Gasteiger partial charge on any atom is 0.162 e. The van der Waals surface area contributed by atoms with Crippen molar-refractivity contribution in [2.75, 3.05) is 19.0 Å². The van der Waals surface area contributed by atoms with E-state index in [1.54, 1.807) is 6.92 Å². The van der Waals surface area contributed by atoms with Gasteiger partial charge in [0.05, 0.1) is 5.75 Å². The van der Waals surface area contributed by atoms with Crippen molar-refractivity contribution >= 4 is 17.5 Å². The van der Waals surface area contributed by atoms with Crippen molar-refractivity contribution in [3.8, 4) is 11.5 Å². The lowest BCUT2D eigenvalue weighted by Gasteiger charge is -2.18. The van der Waals surface area contributed by atoms with Crippen LogP contribution in [0.25, 0.3) is 0 Å². The number of carbonyl (C=O) groups excluding carboxylic acids is 1. The van der Waals surface area contributed by atoms with Crippen molar-refractivity contribution in [2.24, 2.45) is 0 Å². The molecule has 1 aromatic carbocycles. The second kappa shape index (κ2) is 4.57. The Balaban J connectivity index is 2.10. The highest BCUT2D eigenvalue weighted by Crippen LogP contribution is 2.33. The average molecular weight is 224 g/mol. The van der Waals surface area contributed by atoms with Crippen LogP contribution in [0.15, 0.2) is 23.1 Å². The second-order valence-electron chi connectivity index (χ2n) is 3.30. The zero-order valence-corrected chi connectivity index (χ0v) is 9.30. The summed E-state index contributed by atoms with van der Waals surface area (Å²) in [7, 11) is 0. The third kappa shape index (κ3) is 2.65. The van der Waals surface area contributed by atoms with Crippen LogP contribution < -0.4 is 9.47 Å². The minimum Gasteiger partial charge on any atom is -0.486 e. The Kier molecular flexibility index (Phi) is 3.16. The highest BCUT2D eigenvalue weighted by atomic mass is 32.2. The Labute approximate surface area is 92.8 Å². The van der Waals surface area contributed by atoms with E-state index in [1.807, 2.05) is 18.2 Å². The van der Waals surface area contributed by atoms with E-state index in [0.29, 0.717) is 19.0 Å². The first-order valence-corrected chi connectivity index (χ1v) is 5.76. The molecule has 1 aromatic rings. The molecule has 1 heterocycles. The number of carbonyl (C=O) groups is 1. The lowest BCUT2D eigenvalue weighted by atomic mass is 10.3. The molecule has 1 aliphatic heterocycles. The Bertz CT molecular complexity index is 376. The molecule has 0 saturated carbocycles. The Morgan fingerprint density at radius 1 is 1.33 bits per heavy atom. The summed E-state index contributed by atoms with van der Waals surface area (Å²) in [6, 6.07) is 5.75. The maximum absolute atomic E-state index is 10.8. The van der Waals surface area contributed by atoms with Gasteiger partial charge in [0, 0.05) is 4.90 Å².